The third-order valence-corrected chi connectivity index (χ3v) is 3.57. The van der Waals surface area contributed by atoms with E-state index in [9.17, 15) is 4.79 Å². The molecule has 0 aromatic carbocycles. The van der Waals surface area contributed by atoms with E-state index in [1.807, 2.05) is 0 Å². The summed E-state index contributed by atoms with van der Waals surface area (Å²) in [6.07, 6.45) is 0. The Balaban J connectivity index is 1.91. The van der Waals surface area contributed by atoms with Crippen molar-refractivity contribution in [3.05, 3.63) is 16.6 Å². The molecule has 0 radical (unpaired) electrons. The summed E-state index contributed by atoms with van der Waals surface area (Å²) in [5.74, 6) is -0.887. The van der Waals surface area contributed by atoms with Crippen LogP contribution in [0, 0.1) is 0 Å². The van der Waals surface area contributed by atoms with Gasteiger partial charge in [0.25, 0.3) is 0 Å². The number of aromatic nitrogens is 1. The fourth-order valence-electron chi connectivity index (χ4n) is 1.72. The van der Waals surface area contributed by atoms with Crippen LogP contribution in [0.25, 0.3) is 0 Å². The molecule has 0 aliphatic carbocycles. The molecular weight excluding hydrogens is 226 g/mol. The molecule has 1 aromatic heterocycles. The Labute approximate surface area is 98.5 Å². The predicted octanol–water partition coefficient (Wildman–Crippen LogP) is 0.589. The van der Waals surface area contributed by atoms with Gasteiger partial charge in [-0.05, 0) is 24.6 Å². The Kier molecular flexibility index (Phi) is 3.52. The topological polar surface area (TPSA) is 56.7 Å². The van der Waals surface area contributed by atoms with Gasteiger partial charge in [0.2, 0.25) is 0 Å². The Hall–Kier alpha value is -0.980. The molecule has 2 heterocycles. The monoisotopic (exact) mass is 241 g/mol. The van der Waals surface area contributed by atoms with Gasteiger partial charge in [0.1, 0.15) is 4.88 Å². The Morgan fingerprint density at radius 3 is 2.75 bits per heavy atom. The first kappa shape index (κ1) is 11.5. The summed E-state index contributed by atoms with van der Waals surface area (Å²) < 4.78 is 4.16. The summed E-state index contributed by atoms with van der Waals surface area (Å²) in [6.45, 7) is 4.94. The van der Waals surface area contributed by atoms with Crippen LogP contribution in [-0.2, 0) is 6.54 Å². The molecule has 0 bridgehead atoms. The molecule has 0 unspecified atom stereocenters. The molecular formula is C10H15N3O2S. The number of piperazine rings is 1. The van der Waals surface area contributed by atoms with Gasteiger partial charge in [-0.25, -0.2) is 4.79 Å². The van der Waals surface area contributed by atoms with Crippen LogP contribution in [0.15, 0.2) is 6.07 Å². The number of carboxylic acids is 1. The second-order valence-electron chi connectivity index (χ2n) is 4.07. The van der Waals surface area contributed by atoms with Crippen molar-refractivity contribution in [1.29, 1.82) is 0 Å². The molecule has 2 rings (SSSR count). The number of likely N-dealkylation sites (N-methyl/N-ethyl adjacent to an activating group) is 1. The number of carbonyl (C=O) groups is 1. The normalized spacial score (nSPS) is 18.8. The highest BCUT2D eigenvalue weighted by atomic mass is 32.1. The molecule has 16 heavy (non-hydrogen) atoms. The van der Waals surface area contributed by atoms with Crippen molar-refractivity contribution in [2.75, 3.05) is 33.2 Å². The van der Waals surface area contributed by atoms with Crippen LogP contribution in [0.5, 0.6) is 0 Å². The fraction of sp³-hybridized carbons (Fsp3) is 0.600. The van der Waals surface area contributed by atoms with Gasteiger partial charge in [0.05, 0.1) is 5.69 Å². The van der Waals surface area contributed by atoms with Crippen molar-refractivity contribution >= 4 is 17.5 Å². The Morgan fingerprint density at radius 2 is 2.19 bits per heavy atom. The SMILES string of the molecule is CN1CCN(Cc2cc(C(=O)O)sn2)CC1. The molecule has 1 N–H and O–H groups in total. The molecule has 0 amide bonds. The first-order valence-electron chi connectivity index (χ1n) is 5.25. The molecule has 1 aliphatic heterocycles. The van der Waals surface area contributed by atoms with E-state index in [4.69, 9.17) is 5.11 Å². The quantitative estimate of drug-likeness (QED) is 0.839. The zero-order chi connectivity index (χ0) is 11.5. The lowest BCUT2D eigenvalue weighted by Gasteiger charge is -2.31. The summed E-state index contributed by atoms with van der Waals surface area (Å²) in [5, 5.41) is 8.79. The minimum absolute atomic E-state index is 0.323. The van der Waals surface area contributed by atoms with Crippen molar-refractivity contribution in [1.82, 2.24) is 14.2 Å². The second kappa shape index (κ2) is 4.90. The van der Waals surface area contributed by atoms with Crippen molar-refractivity contribution in [3.8, 4) is 0 Å². The second-order valence-corrected chi connectivity index (χ2v) is 4.87. The van der Waals surface area contributed by atoms with Crippen LogP contribution >= 0.6 is 11.5 Å². The highest BCUT2D eigenvalue weighted by molar-refractivity contribution is 7.08. The van der Waals surface area contributed by atoms with Crippen LogP contribution in [0.1, 0.15) is 15.4 Å². The predicted molar refractivity (Wildman–Crippen MR) is 61.8 cm³/mol. The van der Waals surface area contributed by atoms with Gasteiger partial charge in [-0.3, -0.25) is 4.90 Å². The summed E-state index contributed by atoms with van der Waals surface area (Å²) in [6, 6.07) is 1.67. The van der Waals surface area contributed by atoms with Gasteiger partial charge in [0, 0.05) is 32.7 Å². The molecule has 1 saturated heterocycles. The van der Waals surface area contributed by atoms with Crippen LogP contribution in [0.3, 0.4) is 0 Å². The Morgan fingerprint density at radius 1 is 1.50 bits per heavy atom. The summed E-state index contributed by atoms with van der Waals surface area (Å²) in [4.78, 5) is 15.6. The third kappa shape index (κ3) is 2.78. The van der Waals surface area contributed by atoms with E-state index in [0.29, 0.717) is 4.88 Å². The van der Waals surface area contributed by atoms with E-state index in [1.165, 1.54) is 0 Å². The zero-order valence-electron chi connectivity index (χ0n) is 9.22. The van der Waals surface area contributed by atoms with Gasteiger partial charge in [-0.15, -0.1) is 0 Å². The van der Waals surface area contributed by atoms with E-state index in [1.54, 1.807) is 6.07 Å². The van der Waals surface area contributed by atoms with E-state index in [0.717, 1.165) is 50.0 Å². The molecule has 0 spiro atoms. The average molecular weight is 241 g/mol. The number of carboxylic acid groups (broad SMARTS) is 1. The van der Waals surface area contributed by atoms with Gasteiger partial charge >= 0.3 is 5.97 Å². The summed E-state index contributed by atoms with van der Waals surface area (Å²) >= 11 is 1.06. The van der Waals surface area contributed by atoms with Gasteiger partial charge in [0.15, 0.2) is 0 Å². The highest BCUT2D eigenvalue weighted by Gasteiger charge is 2.16. The largest absolute Gasteiger partial charge is 0.477 e. The van der Waals surface area contributed by atoms with Crippen molar-refractivity contribution < 1.29 is 9.90 Å². The van der Waals surface area contributed by atoms with Crippen molar-refractivity contribution in [2.45, 2.75) is 6.54 Å². The zero-order valence-corrected chi connectivity index (χ0v) is 10.0. The summed E-state index contributed by atoms with van der Waals surface area (Å²) in [7, 11) is 2.11. The highest BCUT2D eigenvalue weighted by Crippen LogP contribution is 2.12. The number of hydrogen-bond acceptors (Lipinski definition) is 5. The maximum atomic E-state index is 10.7. The lowest BCUT2D eigenvalue weighted by atomic mass is 10.3. The minimum atomic E-state index is -0.887. The summed E-state index contributed by atoms with van der Waals surface area (Å²) in [5.41, 5.74) is 0.868. The van der Waals surface area contributed by atoms with Crippen molar-refractivity contribution in [2.24, 2.45) is 0 Å². The molecule has 0 atom stereocenters. The number of hydrogen-bond donors (Lipinski definition) is 1. The number of nitrogens with zero attached hydrogens (tertiary/aromatic N) is 3. The average Bonchev–Trinajstić information content (AvgIpc) is 2.70. The number of rotatable bonds is 3. The molecule has 6 heteroatoms. The van der Waals surface area contributed by atoms with Crippen molar-refractivity contribution in [3.63, 3.8) is 0 Å². The third-order valence-electron chi connectivity index (χ3n) is 2.75. The lowest BCUT2D eigenvalue weighted by molar-refractivity contribution is 0.0702. The first-order chi connectivity index (χ1) is 7.65. The van der Waals surface area contributed by atoms with E-state index < -0.39 is 5.97 Å². The standard InChI is InChI=1S/C10H15N3O2S/c1-12-2-4-13(5-3-12)7-8-6-9(10(14)15)16-11-8/h6H,2-5,7H2,1H3,(H,14,15). The van der Waals surface area contributed by atoms with Crippen LogP contribution < -0.4 is 0 Å². The van der Waals surface area contributed by atoms with E-state index >= 15 is 0 Å². The van der Waals surface area contributed by atoms with E-state index in [-0.39, 0.29) is 0 Å². The fourth-order valence-corrected chi connectivity index (χ4v) is 2.32. The van der Waals surface area contributed by atoms with Crippen LogP contribution in [0.4, 0.5) is 0 Å². The first-order valence-corrected chi connectivity index (χ1v) is 6.02. The maximum Gasteiger partial charge on any atom is 0.347 e. The molecule has 1 aromatic rings. The van der Waals surface area contributed by atoms with Crippen LogP contribution in [-0.4, -0.2) is 58.5 Å². The minimum Gasteiger partial charge on any atom is -0.477 e. The maximum absolute atomic E-state index is 10.7. The van der Waals surface area contributed by atoms with Crippen LogP contribution in [0.2, 0.25) is 0 Å². The molecule has 1 fully saturated rings. The molecule has 88 valence electrons. The van der Waals surface area contributed by atoms with Gasteiger partial charge < -0.3 is 10.0 Å². The molecule has 5 nitrogen and oxygen atoms in total. The molecule has 1 aliphatic rings. The Bertz CT molecular complexity index is 372. The van der Waals surface area contributed by atoms with E-state index in [2.05, 4.69) is 21.2 Å². The van der Waals surface area contributed by atoms with Gasteiger partial charge in [-0.1, -0.05) is 0 Å². The molecule has 0 saturated carbocycles. The smallest absolute Gasteiger partial charge is 0.347 e. The lowest BCUT2D eigenvalue weighted by Crippen LogP contribution is -2.43. The van der Waals surface area contributed by atoms with Gasteiger partial charge in [-0.2, -0.15) is 4.37 Å². The number of aromatic carboxylic acids is 1.